The third kappa shape index (κ3) is 1.70. The van der Waals surface area contributed by atoms with Crippen LogP contribution in [0, 0.1) is 0 Å². The molecule has 0 saturated heterocycles. The topological polar surface area (TPSA) is 71.5 Å². The Kier molecular flexibility index (Phi) is 1.99. The van der Waals surface area contributed by atoms with Crippen LogP contribution in [-0.4, -0.2) is 19.9 Å². The van der Waals surface area contributed by atoms with Crippen molar-refractivity contribution in [3.8, 4) is 0 Å². The average molecular weight is 208 g/mol. The van der Waals surface area contributed by atoms with Gasteiger partial charge in [-0.25, -0.2) is 19.3 Å². The van der Waals surface area contributed by atoms with Gasteiger partial charge in [0.15, 0.2) is 11.3 Å². The van der Waals surface area contributed by atoms with E-state index in [0.29, 0.717) is 5.52 Å². The molecule has 2 heterocycles. The van der Waals surface area contributed by atoms with Crippen LogP contribution in [0.5, 0.6) is 0 Å². The molecule has 0 fully saturated rings. The van der Waals surface area contributed by atoms with Crippen LogP contribution in [0.4, 0.5) is 4.39 Å². The molecule has 0 aliphatic carbocycles. The van der Waals surface area contributed by atoms with Crippen LogP contribution in [0.2, 0.25) is 0 Å². The third-order valence-corrected chi connectivity index (χ3v) is 1.94. The molecule has 0 aliphatic rings. The van der Waals surface area contributed by atoms with E-state index in [4.69, 9.17) is 0 Å². The highest BCUT2D eigenvalue weighted by atomic mass is 19.1. The lowest BCUT2D eigenvalue weighted by Crippen LogP contribution is -2.25. The predicted molar refractivity (Wildman–Crippen MR) is 52.1 cm³/mol. The minimum atomic E-state index is -1.78. The summed E-state index contributed by atoms with van der Waals surface area (Å²) in [5.41, 5.74) is -1.83. The van der Waals surface area contributed by atoms with E-state index in [1.165, 1.54) is 26.4 Å². The first kappa shape index (κ1) is 9.70. The van der Waals surface area contributed by atoms with E-state index in [1.54, 1.807) is 0 Å². The fourth-order valence-electron chi connectivity index (χ4n) is 1.24. The van der Waals surface area contributed by atoms with Crippen molar-refractivity contribution in [1.29, 1.82) is 0 Å². The van der Waals surface area contributed by atoms with Gasteiger partial charge in [0.2, 0.25) is 0 Å². The molecule has 1 N–H and O–H groups in total. The van der Waals surface area contributed by atoms with Gasteiger partial charge in [0.25, 0.3) is 5.56 Å². The Bertz CT molecular complexity index is 558. The minimum Gasteiger partial charge on any atom is -0.316 e. The summed E-state index contributed by atoms with van der Waals surface area (Å²) in [5, 5.41) is 0. The van der Waals surface area contributed by atoms with Gasteiger partial charge in [-0.1, -0.05) is 0 Å². The normalized spacial score (nSPS) is 11.9. The van der Waals surface area contributed by atoms with E-state index in [2.05, 4.69) is 19.9 Å². The number of aromatic amines is 1. The lowest BCUT2D eigenvalue weighted by molar-refractivity contribution is 0.212. The second-order valence-electron chi connectivity index (χ2n) is 3.65. The first-order valence-corrected chi connectivity index (χ1v) is 4.38. The Morgan fingerprint density at radius 1 is 1.47 bits per heavy atom. The first-order valence-electron chi connectivity index (χ1n) is 4.38. The Balaban J connectivity index is 2.79. The summed E-state index contributed by atoms with van der Waals surface area (Å²) in [6.07, 6.45) is 2.72. The molecule has 2 aromatic rings. The summed E-state index contributed by atoms with van der Waals surface area (Å²) in [5.74, 6) is 0. The van der Waals surface area contributed by atoms with Gasteiger partial charge in [0.1, 0.15) is 17.5 Å². The van der Waals surface area contributed by atoms with Gasteiger partial charge in [0, 0.05) is 0 Å². The summed E-state index contributed by atoms with van der Waals surface area (Å²) in [6, 6.07) is 0. The fourth-order valence-corrected chi connectivity index (χ4v) is 1.24. The van der Waals surface area contributed by atoms with Crippen LogP contribution in [0.3, 0.4) is 0 Å². The molecular formula is C9H9FN4O. The number of hydrogen-bond donors (Lipinski definition) is 1. The molecule has 0 atom stereocenters. The number of alkyl halides is 1. The van der Waals surface area contributed by atoms with Crippen LogP contribution in [0.1, 0.15) is 19.5 Å². The van der Waals surface area contributed by atoms with Crippen molar-refractivity contribution >= 4 is 11.2 Å². The molecule has 0 aliphatic heterocycles. The highest BCUT2D eigenvalue weighted by molar-refractivity contribution is 5.67. The summed E-state index contributed by atoms with van der Waals surface area (Å²) >= 11 is 0. The zero-order valence-corrected chi connectivity index (χ0v) is 8.28. The Labute approximate surface area is 84.4 Å². The molecule has 15 heavy (non-hydrogen) atoms. The van der Waals surface area contributed by atoms with Crippen molar-refractivity contribution in [3.05, 3.63) is 28.6 Å². The second kappa shape index (κ2) is 3.08. The SMILES string of the molecule is CC(C)(F)c1nc2ncncc2[nH]c1=O. The molecule has 78 valence electrons. The summed E-state index contributed by atoms with van der Waals surface area (Å²) in [7, 11) is 0. The minimum absolute atomic E-state index is 0.172. The van der Waals surface area contributed by atoms with Gasteiger partial charge in [-0.15, -0.1) is 0 Å². The van der Waals surface area contributed by atoms with Crippen molar-refractivity contribution in [1.82, 2.24) is 19.9 Å². The maximum atomic E-state index is 13.6. The summed E-state index contributed by atoms with van der Waals surface area (Å²) in [4.78, 5) is 25.4. The van der Waals surface area contributed by atoms with Crippen molar-refractivity contribution < 1.29 is 4.39 Å². The lowest BCUT2D eigenvalue weighted by atomic mass is 10.1. The van der Waals surface area contributed by atoms with Gasteiger partial charge < -0.3 is 4.98 Å². The van der Waals surface area contributed by atoms with E-state index < -0.39 is 11.2 Å². The number of halogens is 1. The smallest absolute Gasteiger partial charge is 0.273 e. The largest absolute Gasteiger partial charge is 0.316 e. The second-order valence-corrected chi connectivity index (χ2v) is 3.65. The van der Waals surface area contributed by atoms with Crippen molar-refractivity contribution in [2.45, 2.75) is 19.5 Å². The van der Waals surface area contributed by atoms with E-state index in [9.17, 15) is 9.18 Å². The molecule has 6 heteroatoms. The standard InChI is InChI=1S/C9H9FN4O/c1-9(2,10)6-8(15)13-5-3-11-4-12-7(5)14-6/h3-4H,1-2H3,(H,13,15). The average Bonchev–Trinajstić information content (AvgIpc) is 2.15. The molecule has 2 aromatic heterocycles. The molecule has 0 bridgehead atoms. The summed E-state index contributed by atoms with van der Waals surface area (Å²) < 4.78 is 13.6. The van der Waals surface area contributed by atoms with E-state index in [1.807, 2.05) is 0 Å². The molecule has 0 saturated carbocycles. The zero-order valence-electron chi connectivity index (χ0n) is 8.28. The highest BCUT2D eigenvalue weighted by Gasteiger charge is 2.25. The van der Waals surface area contributed by atoms with Gasteiger partial charge in [-0.2, -0.15) is 0 Å². The van der Waals surface area contributed by atoms with E-state index in [0.717, 1.165) is 0 Å². The number of nitrogens with one attached hydrogen (secondary N) is 1. The van der Waals surface area contributed by atoms with Crippen LogP contribution in [0.15, 0.2) is 17.3 Å². The molecule has 0 radical (unpaired) electrons. The van der Waals surface area contributed by atoms with Crippen LogP contribution in [0.25, 0.3) is 11.2 Å². The van der Waals surface area contributed by atoms with E-state index in [-0.39, 0.29) is 11.3 Å². The van der Waals surface area contributed by atoms with Crippen LogP contribution in [-0.2, 0) is 5.67 Å². The van der Waals surface area contributed by atoms with Gasteiger partial charge in [-0.05, 0) is 13.8 Å². The van der Waals surface area contributed by atoms with Crippen molar-refractivity contribution in [2.24, 2.45) is 0 Å². The van der Waals surface area contributed by atoms with Crippen molar-refractivity contribution in [3.63, 3.8) is 0 Å². The Morgan fingerprint density at radius 3 is 2.87 bits per heavy atom. The predicted octanol–water partition coefficient (Wildman–Crippen LogP) is 0.918. The molecule has 5 nitrogen and oxygen atoms in total. The van der Waals surface area contributed by atoms with Gasteiger partial charge in [-0.3, -0.25) is 4.79 Å². The molecule has 0 spiro atoms. The molecule has 2 rings (SSSR count). The van der Waals surface area contributed by atoms with Gasteiger partial charge in [0.05, 0.1) is 6.20 Å². The lowest BCUT2D eigenvalue weighted by Gasteiger charge is -2.11. The Morgan fingerprint density at radius 2 is 2.20 bits per heavy atom. The monoisotopic (exact) mass is 208 g/mol. The van der Waals surface area contributed by atoms with E-state index >= 15 is 0 Å². The number of hydrogen-bond acceptors (Lipinski definition) is 4. The number of rotatable bonds is 1. The zero-order chi connectivity index (χ0) is 11.1. The molecule has 0 aromatic carbocycles. The quantitative estimate of drug-likeness (QED) is 0.756. The number of nitrogens with zero attached hydrogens (tertiary/aromatic N) is 3. The fraction of sp³-hybridized carbons (Fsp3) is 0.333. The Hall–Kier alpha value is -1.85. The maximum Gasteiger partial charge on any atom is 0.273 e. The first-order chi connectivity index (χ1) is 6.98. The summed E-state index contributed by atoms with van der Waals surface area (Å²) in [6.45, 7) is 2.55. The van der Waals surface area contributed by atoms with Crippen LogP contribution < -0.4 is 5.56 Å². The number of fused-ring (bicyclic) bond motifs is 1. The molecular weight excluding hydrogens is 199 g/mol. The van der Waals surface area contributed by atoms with Gasteiger partial charge >= 0.3 is 0 Å². The third-order valence-electron chi connectivity index (χ3n) is 1.94. The number of aromatic nitrogens is 4. The maximum absolute atomic E-state index is 13.6. The molecule has 0 unspecified atom stereocenters. The number of H-pyrrole nitrogens is 1. The molecule has 0 amide bonds. The van der Waals surface area contributed by atoms with Crippen molar-refractivity contribution in [2.75, 3.05) is 0 Å². The van der Waals surface area contributed by atoms with Crippen LogP contribution >= 0.6 is 0 Å². The highest BCUT2D eigenvalue weighted by Crippen LogP contribution is 2.19.